The van der Waals surface area contributed by atoms with Crippen molar-refractivity contribution in [2.24, 2.45) is 0 Å². The lowest BCUT2D eigenvalue weighted by molar-refractivity contribution is -0.119. The van der Waals surface area contributed by atoms with Gasteiger partial charge in [-0.2, -0.15) is 10.2 Å². The van der Waals surface area contributed by atoms with E-state index in [1.807, 2.05) is 13.0 Å². The van der Waals surface area contributed by atoms with Gasteiger partial charge in [0.05, 0.1) is 5.69 Å². The molecule has 29 heavy (non-hydrogen) atoms. The van der Waals surface area contributed by atoms with Crippen LogP contribution in [0.5, 0.6) is 0 Å². The Morgan fingerprint density at radius 2 is 1.86 bits per heavy atom. The largest absolute Gasteiger partial charge is 0.477 e. The van der Waals surface area contributed by atoms with Gasteiger partial charge in [-0.15, -0.1) is 0 Å². The molecule has 10 nitrogen and oxygen atoms in total. The van der Waals surface area contributed by atoms with E-state index in [0.29, 0.717) is 12.2 Å². The van der Waals surface area contributed by atoms with Gasteiger partial charge in [0.25, 0.3) is 5.91 Å². The first kappa shape index (κ1) is 19.8. The Bertz CT molecular complexity index is 1040. The summed E-state index contributed by atoms with van der Waals surface area (Å²) in [6.07, 6.45) is 2.85. The Balaban J connectivity index is 1.82. The second-order valence-electron chi connectivity index (χ2n) is 6.20. The van der Waals surface area contributed by atoms with Crippen molar-refractivity contribution in [2.75, 3.05) is 10.6 Å². The lowest BCUT2D eigenvalue weighted by atomic mass is 10.2. The van der Waals surface area contributed by atoms with Crippen LogP contribution in [0, 0.1) is 0 Å². The first-order valence-corrected chi connectivity index (χ1v) is 8.92. The first-order chi connectivity index (χ1) is 13.9. The highest BCUT2D eigenvalue weighted by Crippen LogP contribution is 2.19. The molecule has 0 aliphatic heterocycles. The number of nitrogens with zero attached hydrogens (tertiary/aromatic N) is 4. The number of carbonyl (C=O) groups excluding carboxylic acids is 2. The number of anilines is 2. The zero-order valence-corrected chi connectivity index (χ0v) is 15.9. The van der Waals surface area contributed by atoms with Crippen LogP contribution in [0.4, 0.5) is 11.4 Å². The number of carboxylic acid groups (broad SMARTS) is 1. The monoisotopic (exact) mass is 396 g/mol. The van der Waals surface area contributed by atoms with Gasteiger partial charge >= 0.3 is 5.97 Å². The Hall–Kier alpha value is -3.95. The second-order valence-corrected chi connectivity index (χ2v) is 6.20. The maximum absolute atomic E-state index is 12.7. The maximum atomic E-state index is 12.7. The van der Waals surface area contributed by atoms with Crippen LogP contribution >= 0.6 is 0 Å². The molecule has 3 rings (SSSR count). The van der Waals surface area contributed by atoms with E-state index in [4.69, 9.17) is 0 Å². The van der Waals surface area contributed by atoms with Crippen LogP contribution in [0.15, 0.2) is 48.8 Å². The number of amides is 2. The number of aromatic carboxylic acids is 1. The summed E-state index contributed by atoms with van der Waals surface area (Å²) in [5.74, 6) is -2.19. The number of aromatic nitrogens is 4. The van der Waals surface area contributed by atoms with Gasteiger partial charge in [0.2, 0.25) is 5.91 Å². The number of rotatable bonds is 7. The van der Waals surface area contributed by atoms with Crippen LogP contribution in [0.1, 0.15) is 40.9 Å². The third kappa shape index (κ3) is 4.32. The lowest BCUT2D eigenvalue weighted by Gasteiger charge is -2.14. The summed E-state index contributed by atoms with van der Waals surface area (Å²) in [5.41, 5.74) is 0.757. The number of carboxylic acids is 1. The number of nitrogens with one attached hydrogen (secondary N) is 2. The van der Waals surface area contributed by atoms with Crippen molar-refractivity contribution >= 4 is 29.2 Å². The van der Waals surface area contributed by atoms with Crippen LogP contribution in [0.3, 0.4) is 0 Å². The zero-order valence-electron chi connectivity index (χ0n) is 15.9. The molecule has 3 N–H and O–H groups in total. The van der Waals surface area contributed by atoms with Crippen molar-refractivity contribution in [1.82, 2.24) is 19.6 Å². The predicted octanol–water partition coefficient (Wildman–Crippen LogP) is 2.25. The Morgan fingerprint density at radius 1 is 1.14 bits per heavy atom. The van der Waals surface area contributed by atoms with Crippen LogP contribution < -0.4 is 10.6 Å². The van der Waals surface area contributed by atoms with Gasteiger partial charge < -0.3 is 15.7 Å². The van der Waals surface area contributed by atoms with Gasteiger partial charge in [-0.05, 0) is 32.0 Å². The number of benzene rings is 1. The molecule has 3 aromatic rings. The molecular weight excluding hydrogens is 376 g/mol. The van der Waals surface area contributed by atoms with Crippen molar-refractivity contribution in [1.29, 1.82) is 0 Å². The predicted molar refractivity (Wildman–Crippen MR) is 105 cm³/mol. The van der Waals surface area contributed by atoms with E-state index in [0.717, 1.165) is 4.68 Å². The molecule has 2 amide bonds. The molecule has 1 unspecified atom stereocenters. The molecule has 2 aromatic heterocycles. The lowest BCUT2D eigenvalue weighted by Crippen LogP contribution is -2.27. The fourth-order valence-electron chi connectivity index (χ4n) is 2.69. The molecule has 1 aromatic carbocycles. The number of hydrogen-bond donors (Lipinski definition) is 3. The summed E-state index contributed by atoms with van der Waals surface area (Å²) >= 11 is 0. The topological polar surface area (TPSA) is 131 Å². The van der Waals surface area contributed by atoms with Gasteiger partial charge in [0, 0.05) is 24.6 Å². The summed E-state index contributed by atoms with van der Waals surface area (Å²) < 4.78 is 2.63. The summed E-state index contributed by atoms with van der Waals surface area (Å²) in [5, 5.41) is 22.7. The number of carbonyl (C=O) groups is 3. The van der Waals surface area contributed by atoms with E-state index in [-0.39, 0.29) is 17.1 Å². The molecule has 0 radical (unpaired) electrons. The summed E-state index contributed by atoms with van der Waals surface area (Å²) in [6, 6.07) is 9.27. The summed E-state index contributed by atoms with van der Waals surface area (Å²) in [4.78, 5) is 36.6. The van der Waals surface area contributed by atoms with Crippen LogP contribution in [-0.2, 0) is 11.3 Å². The molecule has 1 atom stereocenters. The fourth-order valence-corrected chi connectivity index (χ4v) is 2.69. The Kier molecular flexibility index (Phi) is 5.72. The van der Waals surface area contributed by atoms with Gasteiger partial charge in [-0.1, -0.05) is 18.2 Å². The van der Waals surface area contributed by atoms with Crippen molar-refractivity contribution in [3.05, 3.63) is 60.2 Å². The summed E-state index contributed by atoms with van der Waals surface area (Å²) in [7, 11) is 0. The highest BCUT2D eigenvalue weighted by atomic mass is 16.4. The van der Waals surface area contributed by atoms with Gasteiger partial charge in [-0.25, -0.2) is 9.48 Å². The Labute approximate surface area is 166 Å². The molecule has 0 bridgehead atoms. The zero-order chi connectivity index (χ0) is 21.0. The first-order valence-electron chi connectivity index (χ1n) is 8.92. The number of para-hydroxylation sites is 1. The van der Waals surface area contributed by atoms with Gasteiger partial charge in [-0.3, -0.25) is 14.3 Å². The maximum Gasteiger partial charge on any atom is 0.354 e. The molecule has 10 heteroatoms. The summed E-state index contributed by atoms with van der Waals surface area (Å²) in [6.45, 7) is 3.87. The van der Waals surface area contributed by atoms with E-state index in [1.165, 1.54) is 23.9 Å². The van der Waals surface area contributed by atoms with Crippen molar-refractivity contribution < 1.29 is 19.5 Å². The normalized spacial score (nSPS) is 11.7. The van der Waals surface area contributed by atoms with Crippen LogP contribution in [0.2, 0.25) is 0 Å². The van der Waals surface area contributed by atoms with E-state index < -0.39 is 23.8 Å². The third-order valence-corrected chi connectivity index (χ3v) is 4.23. The average Bonchev–Trinajstić information content (AvgIpc) is 3.35. The second kappa shape index (κ2) is 8.38. The molecule has 0 saturated heterocycles. The average molecular weight is 396 g/mol. The van der Waals surface area contributed by atoms with Crippen molar-refractivity contribution in [2.45, 2.75) is 26.4 Å². The standard InChI is InChI=1S/C19H20N6O4/c1-3-24-11-14(16(23-24)18(27)21-13-7-5-4-6-8-13)22-17(26)12(2)25-15(19(28)29)9-10-20-25/h4-12H,3H2,1-2H3,(H,21,27)(H,22,26)(H,28,29). The molecule has 0 spiro atoms. The van der Waals surface area contributed by atoms with Crippen molar-refractivity contribution in [3.63, 3.8) is 0 Å². The van der Waals surface area contributed by atoms with E-state index in [2.05, 4.69) is 20.8 Å². The van der Waals surface area contributed by atoms with Crippen molar-refractivity contribution in [3.8, 4) is 0 Å². The highest BCUT2D eigenvalue weighted by molar-refractivity contribution is 6.09. The third-order valence-electron chi connectivity index (χ3n) is 4.23. The highest BCUT2D eigenvalue weighted by Gasteiger charge is 2.24. The molecule has 0 aliphatic carbocycles. The minimum Gasteiger partial charge on any atom is -0.477 e. The molecule has 0 aliphatic rings. The quantitative estimate of drug-likeness (QED) is 0.561. The van der Waals surface area contributed by atoms with Crippen LogP contribution in [0.25, 0.3) is 0 Å². The smallest absolute Gasteiger partial charge is 0.354 e. The van der Waals surface area contributed by atoms with Gasteiger partial charge in [0.1, 0.15) is 11.7 Å². The van der Waals surface area contributed by atoms with E-state index >= 15 is 0 Å². The minimum atomic E-state index is -1.19. The fraction of sp³-hybridized carbons (Fsp3) is 0.211. The SMILES string of the molecule is CCn1cc(NC(=O)C(C)n2nccc2C(=O)O)c(C(=O)Nc2ccccc2)n1. The minimum absolute atomic E-state index is 0.0511. The van der Waals surface area contributed by atoms with E-state index in [9.17, 15) is 19.5 Å². The molecule has 150 valence electrons. The Morgan fingerprint density at radius 3 is 2.52 bits per heavy atom. The molecular formula is C19H20N6O4. The number of hydrogen-bond acceptors (Lipinski definition) is 5. The molecule has 2 heterocycles. The van der Waals surface area contributed by atoms with Gasteiger partial charge in [0.15, 0.2) is 5.69 Å². The molecule has 0 fully saturated rings. The van der Waals surface area contributed by atoms with Crippen LogP contribution in [-0.4, -0.2) is 42.5 Å². The molecule has 0 saturated carbocycles. The van der Waals surface area contributed by atoms with E-state index in [1.54, 1.807) is 30.5 Å². The number of aryl methyl sites for hydroxylation is 1.